The molecular formula is C21H31N5O3. The summed E-state index contributed by atoms with van der Waals surface area (Å²) < 4.78 is 16.3. The molecule has 158 valence electrons. The molecule has 2 aromatic rings. The molecule has 0 bridgehead atoms. The van der Waals surface area contributed by atoms with Gasteiger partial charge in [0, 0.05) is 12.6 Å². The van der Waals surface area contributed by atoms with Crippen LogP contribution in [-0.4, -0.2) is 49.7 Å². The molecule has 1 saturated heterocycles. The van der Waals surface area contributed by atoms with Gasteiger partial charge in [-0.1, -0.05) is 0 Å². The predicted octanol–water partition coefficient (Wildman–Crippen LogP) is 2.95. The van der Waals surface area contributed by atoms with E-state index in [4.69, 9.17) is 19.6 Å². The molecule has 0 unspecified atom stereocenters. The van der Waals surface area contributed by atoms with E-state index in [0.717, 1.165) is 61.3 Å². The number of hydrogen-bond donors (Lipinski definition) is 2. The Labute approximate surface area is 172 Å². The van der Waals surface area contributed by atoms with E-state index in [0.29, 0.717) is 24.2 Å². The number of aryl methyl sites for hydroxylation is 2. The summed E-state index contributed by atoms with van der Waals surface area (Å²) in [6, 6.07) is 5.51. The number of nitrogens with two attached hydrogens (primary N) is 1. The van der Waals surface area contributed by atoms with Gasteiger partial charge in [0.25, 0.3) is 0 Å². The van der Waals surface area contributed by atoms with Crippen LogP contribution in [-0.2, 0) is 6.54 Å². The Balaban J connectivity index is 1.48. The predicted molar refractivity (Wildman–Crippen MR) is 114 cm³/mol. The molecule has 8 heteroatoms. The fourth-order valence-electron chi connectivity index (χ4n) is 3.44. The zero-order valence-electron chi connectivity index (χ0n) is 17.7. The van der Waals surface area contributed by atoms with Gasteiger partial charge in [-0.3, -0.25) is 9.89 Å². The first-order valence-corrected chi connectivity index (χ1v) is 9.92. The van der Waals surface area contributed by atoms with Gasteiger partial charge < -0.3 is 24.9 Å². The van der Waals surface area contributed by atoms with Crippen LogP contribution < -0.4 is 20.5 Å². The van der Waals surface area contributed by atoms with E-state index in [9.17, 15) is 0 Å². The maximum atomic E-state index is 6.10. The summed E-state index contributed by atoms with van der Waals surface area (Å²) in [5.74, 6) is 4.02. The van der Waals surface area contributed by atoms with Gasteiger partial charge in [0.2, 0.25) is 5.89 Å². The first-order valence-electron chi connectivity index (χ1n) is 9.92. The number of aliphatic imine (C=N–C) groups is 1. The number of nitrogens with one attached hydrogen (secondary N) is 1. The smallest absolute Gasteiger partial charge is 0.208 e. The molecule has 0 spiro atoms. The number of likely N-dealkylation sites (tertiary alicyclic amines) is 1. The molecule has 1 aromatic carbocycles. The van der Waals surface area contributed by atoms with Gasteiger partial charge in [0.05, 0.1) is 32.1 Å². The molecule has 0 saturated carbocycles. The van der Waals surface area contributed by atoms with Crippen molar-refractivity contribution in [2.75, 3.05) is 39.2 Å². The van der Waals surface area contributed by atoms with Crippen molar-refractivity contribution in [3.05, 3.63) is 35.5 Å². The van der Waals surface area contributed by atoms with Crippen LogP contribution in [0.15, 0.2) is 27.6 Å². The van der Waals surface area contributed by atoms with Crippen molar-refractivity contribution in [1.29, 1.82) is 0 Å². The minimum atomic E-state index is 0.379. The second-order valence-corrected chi connectivity index (χ2v) is 7.39. The van der Waals surface area contributed by atoms with Crippen LogP contribution in [0.3, 0.4) is 0 Å². The summed E-state index contributed by atoms with van der Waals surface area (Å²) in [5.41, 5.74) is 7.80. The summed E-state index contributed by atoms with van der Waals surface area (Å²) in [6.45, 7) is 7.43. The van der Waals surface area contributed by atoms with Crippen molar-refractivity contribution in [3.63, 3.8) is 0 Å². The number of hydrogen-bond acceptors (Lipinski definition) is 6. The van der Waals surface area contributed by atoms with E-state index >= 15 is 0 Å². The highest BCUT2D eigenvalue weighted by Gasteiger charge is 2.21. The Kier molecular flexibility index (Phi) is 6.98. The van der Waals surface area contributed by atoms with Gasteiger partial charge >= 0.3 is 0 Å². The quantitative estimate of drug-likeness (QED) is 0.544. The Hall–Kier alpha value is -2.74. The molecule has 0 aliphatic carbocycles. The second-order valence-electron chi connectivity index (χ2n) is 7.39. The van der Waals surface area contributed by atoms with Crippen molar-refractivity contribution < 1.29 is 13.9 Å². The third-order valence-corrected chi connectivity index (χ3v) is 5.33. The number of guanidine groups is 1. The second kappa shape index (κ2) is 9.65. The lowest BCUT2D eigenvalue weighted by Gasteiger charge is -2.30. The molecule has 0 atom stereocenters. The number of nitrogens with zero attached hydrogens (tertiary/aromatic N) is 3. The summed E-state index contributed by atoms with van der Waals surface area (Å²) in [7, 11) is 3.24. The molecule has 3 rings (SSSR count). The van der Waals surface area contributed by atoms with E-state index in [1.807, 2.05) is 32.0 Å². The van der Waals surface area contributed by atoms with Crippen LogP contribution in [0.5, 0.6) is 11.5 Å². The summed E-state index contributed by atoms with van der Waals surface area (Å²) in [6.07, 6.45) is 2.16. The third kappa shape index (κ3) is 5.63. The van der Waals surface area contributed by atoms with Crippen LogP contribution in [0.25, 0.3) is 0 Å². The van der Waals surface area contributed by atoms with Crippen LogP contribution in [0.1, 0.15) is 30.2 Å². The van der Waals surface area contributed by atoms with Crippen molar-refractivity contribution in [3.8, 4) is 11.5 Å². The molecule has 1 aliphatic heterocycles. The van der Waals surface area contributed by atoms with Crippen molar-refractivity contribution in [2.24, 2.45) is 16.6 Å². The molecule has 8 nitrogen and oxygen atoms in total. The first kappa shape index (κ1) is 21.0. The van der Waals surface area contributed by atoms with E-state index in [1.165, 1.54) is 0 Å². The fraction of sp³-hybridized carbons (Fsp3) is 0.524. The first-order chi connectivity index (χ1) is 14.0. The van der Waals surface area contributed by atoms with Gasteiger partial charge in [-0.05, 0) is 57.8 Å². The van der Waals surface area contributed by atoms with Gasteiger partial charge in [0.1, 0.15) is 17.3 Å². The standard InChI is InChI=1S/C21H31N5O3/c1-14-15(2)29-20(24-14)13-26-9-7-16(8-10-26)12-23-21(22)25-18-11-17(27-3)5-6-19(18)28-4/h5-6,11,16H,7-10,12-13H2,1-4H3,(H3,22,23,25). The van der Waals surface area contributed by atoms with Crippen LogP contribution in [0.2, 0.25) is 0 Å². The van der Waals surface area contributed by atoms with Gasteiger partial charge in [-0.2, -0.15) is 0 Å². The number of ether oxygens (including phenoxy) is 2. The summed E-state index contributed by atoms with van der Waals surface area (Å²) in [5, 5.41) is 3.12. The van der Waals surface area contributed by atoms with Crippen LogP contribution in [0.4, 0.5) is 5.69 Å². The lowest BCUT2D eigenvalue weighted by atomic mass is 9.97. The fourth-order valence-corrected chi connectivity index (χ4v) is 3.44. The Morgan fingerprint density at radius 1 is 1.28 bits per heavy atom. The average Bonchev–Trinajstić information content (AvgIpc) is 3.04. The topological polar surface area (TPSA) is 98.1 Å². The summed E-state index contributed by atoms with van der Waals surface area (Å²) in [4.78, 5) is 11.4. The molecule has 1 fully saturated rings. The maximum Gasteiger partial charge on any atom is 0.208 e. The van der Waals surface area contributed by atoms with E-state index in [-0.39, 0.29) is 0 Å². The SMILES string of the molecule is COc1ccc(OC)c(NC(N)=NCC2CCN(Cc3nc(C)c(C)o3)CC2)c1. The lowest BCUT2D eigenvalue weighted by Crippen LogP contribution is -2.34. The van der Waals surface area contributed by atoms with E-state index < -0.39 is 0 Å². The number of oxazole rings is 1. The Bertz CT molecular complexity index is 821. The highest BCUT2D eigenvalue weighted by Crippen LogP contribution is 2.28. The van der Waals surface area contributed by atoms with Crippen molar-refractivity contribution >= 4 is 11.6 Å². The Morgan fingerprint density at radius 3 is 2.66 bits per heavy atom. The van der Waals surface area contributed by atoms with E-state index in [2.05, 4.69) is 20.2 Å². The molecule has 1 aromatic heterocycles. The highest BCUT2D eigenvalue weighted by molar-refractivity contribution is 5.94. The number of benzene rings is 1. The minimum absolute atomic E-state index is 0.379. The highest BCUT2D eigenvalue weighted by atomic mass is 16.5. The van der Waals surface area contributed by atoms with Crippen molar-refractivity contribution in [2.45, 2.75) is 33.2 Å². The zero-order valence-corrected chi connectivity index (χ0v) is 17.7. The normalized spacial score (nSPS) is 16.1. The van der Waals surface area contributed by atoms with Crippen LogP contribution >= 0.6 is 0 Å². The number of methoxy groups -OCH3 is 2. The number of rotatable bonds is 7. The van der Waals surface area contributed by atoms with Gasteiger partial charge in [-0.25, -0.2) is 4.98 Å². The maximum absolute atomic E-state index is 6.10. The third-order valence-electron chi connectivity index (χ3n) is 5.33. The zero-order chi connectivity index (χ0) is 20.8. The number of piperidine rings is 1. The molecular weight excluding hydrogens is 370 g/mol. The largest absolute Gasteiger partial charge is 0.497 e. The molecule has 1 aliphatic rings. The summed E-state index contributed by atoms with van der Waals surface area (Å²) >= 11 is 0. The molecule has 29 heavy (non-hydrogen) atoms. The number of anilines is 1. The average molecular weight is 402 g/mol. The van der Waals surface area contributed by atoms with Crippen molar-refractivity contribution in [1.82, 2.24) is 9.88 Å². The molecule has 0 amide bonds. The van der Waals surface area contributed by atoms with E-state index in [1.54, 1.807) is 14.2 Å². The van der Waals surface area contributed by atoms with Crippen LogP contribution in [0, 0.1) is 19.8 Å². The molecule has 0 radical (unpaired) electrons. The monoisotopic (exact) mass is 401 g/mol. The minimum Gasteiger partial charge on any atom is -0.497 e. The Morgan fingerprint density at radius 2 is 2.03 bits per heavy atom. The lowest BCUT2D eigenvalue weighted by molar-refractivity contribution is 0.166. The van der Waals surface area contributed by atoms with Gasteiger partial charge in [0.15, 0.2) is 5.96 Å². The number of aromatic nitrogens is 1. The van der Waals surface area contributed by atoms with Gasteiger partial charge in [-0.15, -0.1) is 0 Å². The molecule has 3 N–H and O–H groups in total. The molecule has 2 heterocycles.